The van der Waals surface area contributed by atoms with Crippen LogP contribution in [-0.2, 0) is 4.79 Å². The van der Waals surface area contributed by atoms with Crippen LogP contribution in [0.3, 0.4) is 0 Å². The van der Waals surface area contributed by atoms with Crippen LogP contribution in [0.15, 0.2) is 45.7 Å². The van der Waals surface area contributed by atoms with Crippen molar-refractivity contribution in [2.24, 2.45) is 9.98 Å². The van der Waals surface area contributed by atoms with E-state index in [0.29, 0.717) is 16.5 Å². The molecular formula is C20H20ClN3O2S2. The van der Waals surface area contributed by atoms with E-state index in [0.717, 1.165) is 41.3 Å². The fourth-order valence-electron chi connectivity index (χ4n) is 3.46. The van der Waals surface area contributed by atoms with Crippen molar-refractivity contribution < 1.29 is 9.53 Å². The zero-order valence-electron chi connectivity index (χ0n) is 15.4. The summed E-state index contributed by atoms with van der Waals surface area (Å²) in [5.41, 5.74) is 1.18. The van der Waals surface area contributed by atoms with Gasteiger partial charge in [0.25, 0.3) is 0 Å². The number of anilines is 1. The molecule has 8 heteroatoms. The third-order valence-electron chi connectivity index (χ3n) is 4.77. The summed E-state index contributed by atoms with van der Waals surface area (Å²) < 4.78 is 5.29. The number of aliphatic imine (C=N–C) groups is 2. The lowest BCUT2D eigenvalue weighted by atomic mass is 10.1. The number of rotatable bonds is 5. The van der Waals surface area contributed by atoms with Gasteiger partial charge in [0.15, 0.2) is 5.66 Å². The fourth-order valence-corrected chi connectivity index (χ4v) is 5.28. The molecule has 0 atom stereocenters. The van der Waals surface area contributed by atoms with Gasteiger partial charge in [-0.2, -0.15) is 0 Å². The summed E-state index contributed by atoms with van der Waals surface area (Å²) in [6.07, 6.45) is 4.27. The molecule has 1 aromatic carbocycles. The third-order valence-corrected chi connectivity index (χ3v) is 6.84. The van der Waals surface area contributed by atoms with Crippen molar-refractivity contribution in [3.8, 4) is 5.75 Å². The van der Waals surface area contributed by atoms with Crippen molar-refractivity contribution in [2.75, 3.05) is 18.2 Å². The van der Waals surface area contributed by atoms with Crippen molar-refractivity contribution in [3.05, 3.63) is 45.6 Å². The number of nitrogens with one attached hydrogen (secondary N) is 1. The van der Waals surface area contributed by atoms with Crippen molar-refractivity contribution in [1.29, 1.82) is 0 Å². The Morgan fingerprint density at radius 3 is 2.86 bits per heavy atom. The van der Waals surface area contributed by atoms with Crippen molar-refractivity contribution in [3.63, 3.8) is 0 Å². The molecule has 1 aliphatic heterocycles. The number of carbonyl (C=O) groups excluding carboxylic acids is 1. The first kappa shape index (κ1) is 19.5. The second-order valence-corrected chi connectivity index (χ2v) is 9.07. The average Bonchev–Trinajstić information content (AvgIpc) is 3.42. The van der Waals surface area contributed by atoms with Crippen molar-refractivity contribution >= 4 is 57.0 Å². The molecule has 2 aliphatic rings. The lowest BCUT2D eigenvalue weighted by Crippen LogP contribution is -2.18. The van der Waals surface area contributed by atoms with Crippen LogP contribution in [0.4, 0.5) is 5.69 Å². The molecule has 1 spiro atoms. The van der Waals surface area contributed by atoms with Gasteiger partial charge in [0.1, 0.15) is 16.5 Å². The molecule has 146 valence electrons. The minimum Gasteiger partial charge on any atom is -0.495 e. The van der Waals surface area contributed by atoms with Crippen LogP contribution >= 0.6 is 34.7 Å². The quantitative estimate of drug-likeness (QED) is 0.700. The van der Waals surface area contributed by atoms with Gasteiger partial charge in [-0.25, -0.2) is 4.99 Å². The third kappa shape index (κ3) is 4.11. The van der Waals surface area contributed by atoms with Crippen LogP contribution < -0.4 is 10.1 Å². The molecule has 0 saturated heterocycles. The van der Waals surface area contributed by atoms with Gasteiger partial charge in [0, 0.05) is 5.02 Å². The number of hydrogen-bond acceptors (Lipinski definition) is 6. The molecule has 5 nitrogen and oxygen atoms in total. The number of halogens is 1. The van der Waals surface area contributed by atoms with E-state index in [-0.39, 0.29) is 17.3 Å². The Balaban J connectivity index is 1.47. The molecule has 4 rings (SSSR count). The molecule has 28 heavy (non-hydrogen) atoms. The molecule has 1 N–H and O–H groups in total. The Morgan fingerprint density at radius 2 is 2.14 bits per heavy atom. The zero-order valence-corrected chi connectivity index (χ0v) is 17.8. The summed E-state index contributed by atoms with van der Waals surface area (Å²) in [6.45, 7) is 0. The first-order chi connectivity index (χ1) is 13.6. The molecule has 0 bridgehead atoms. The summed E-state index contributed by atoms with van der Waals surface area (Å²) in [5.74, 6) is 0.687. The van der Waals surface area contributed by atoms with E-state index in [1.54, 1.807) is 36.6 Å². The van der Waals surface area contributed by atoms with E-state index in [4.69, 9.17) is 26.3 Å². The van der Waals surface area contributed by atoms with Gasteiger partial charge < -0.3 is 10.1 Å². The predicted octanol–water partition coefficient (Wildman–Crippen LogP) is 5.25. The van der Waals surface area contributed by atoms with Gasteiger partial charge in [-0.05, 0) is 55.3 Å². The normalized spacial score (nSPS) is 17.5. The number of amides is 1. The molecule has 1 aromatic heterocycles. The fraction of sp³-hybridized carbons (Fsp3) is 0.350. The van der Waals surface area contributed by atoms with Gasteiger partial charge in [0.05, 0.1) is 23.4 Å². The number of thioether (sulfide) groups is 1. The molecule has 0 radical (unpaired) electrons. The first-order valence-electron chi connectivity index (χ1n) is 9.09. The SMILES string of the molecule is COc1ccc(Cl)cc1NC(=O)CSC1=NC2(CCCC2)N=C1c1cccs1. The Hall–Kier alpha value is -1.83. The topological polar surface area (TPSA) is 63.0 Å². The number of carbonyl (C=O) groups is 1. The minimum atomic E-state index is -0.311. The number of methoxy groups -OCH3 is 1. The second-order valence-electron chi connectivity index (χ2n) is 6.73. The molecule has 1 fully saturated rings. The number of benzene rings is 1. The van der Waals surface area contributed by atoms with Crippen LogP contribution in [-0.4, -0.2) is 35.2 Å². The van der Waals surface area contributed by atoms with Crippen molar-refractivity contribution in [1.82, 2.24) is 0 Å². The molecule has 2 aromatic rings. The number of nitrogens with zero attached hydrogens (tertiary/aromatic N) is 2. The van der Waals surface area contributed by atoms with Crippen LogP contribution in [0.25, 0.3) is 0 Å². The zero-order chi connectivity index (χ0) is 19.6. The Bertz CT molecular complexity index is 935. The summed E-state index contributed by atoms with van der Waals surface area (Å²) in [4.78, 5) is 23.6. The first-order valence-corrected chi connectivity index (χ1v) is 11.3. The molecule has 0 unspecified atom stereocenters. The van der Waals surface area contributed by atoms with E-state index in [2.05, 4.69) is 11.4 Å². The number of thiophene rings is 1. The summed E-state index contributed by atoms with van der Waals surface area (Å²) in [7, 11) is 1.56. The maximum absolute atomic E-state index is 12.5. The van der Waals surface area contributed by atoms with Crippen LogP contribution in [0.2, 0.25) is 5.02 Å². The Kier molecular flexibility index (Phi) is 5.75. The van der Waals surface area contributed by atoms with E-state index >= 15 is 0 Å². The summed E-state index contributed by atoms with van der Waals surface area (Å²) >= 11 is 9.13. The minimum absolute atomic E-state index is 0.133. The van der Waals surface area contributed by atoms with Crippen LogP contribution in [0.5, 0.6) is 5.75 Å². The van der Waals surface area contributed by atoms with E-state index in [1.807, 2.05) is 11.4 Å². The van der Waals surface area contributed by atoms with Crippen LogP contribution in [0.1, 0.15) is 30.6 Å². The monoisotopic (exact) mass is 433 g/mol. The van der Waals surface area contributed by atoms with Gasteiger partial charge >= 0.3 is 0 Å². The Labute approximate surface area is 177 Å². The maximum atomic E-state index is 12.5. The van der Waals surface area contributed by atoms with Crippen molar-refractivity contribution in [2.45, 2.75) is 31.3 Å². The molecule has 1 aliphatic carbocycles. The number of hydrogen-bond donors (Lipinski definition) is 1. The van der Waals surface area contributed by atoms with E-state index in [9.17, 15) is 4.79 Å². The average molecular weight is 434 g/mol. The lowest BCUT2D eigenvalue weighted by Gasteiger charge is -2.14. The standard InChI is InChI=1S/C20H20ClN3O2S2/c1-26-15-7-6-13(21)11-14(15)22-17(25)12-28-19-18(16-5-4-10-27-16)23-20(24-19)8-2-3-9-20/h4-7,10-11H,2-3,8-9,12H2,1H3,(H,22,25). The highest BCUT2D eigenvalue weighted by molar-refractivity contribution is 8.16. The Morgan fingerprint density at radius 1 is 1.32 bits per heavy atom. The predicted molar refractivity (Wildman–Crippen MR) is 119 cm³/mol. The van der Waals surface area contributed by atoms with Gasteiger partial charge in [0.2, 0.25) is 5.91 Å². The smallest absolute Gasteiger partial charge is 0.234 e. The molecule has 1 saturated carbocycles. The number of ether oxygens (including phenoxy) is 1. The summed E-state index contributed by atoms with van der Waals surface area (Å²) in [6, 6.07) is 9.22. The van der Waals surface area contributed by atoms with Gasteiger partial charge in [-0.1, -0.05) is 29.4 Å². The largest absolute Gasteiger partial charge is 0.495 e. The van der Waals surface area contributed by atoms with E-state index in [1.165, 1.54) is 11.8 Å². The highest BCUT2D eigenvalue weighted by atomic mass is 35.5. The highest BCUT2D eigenvalue weighted by Crippen LogP contribution is 2.40. The molecule has 2 heterocycles. The molecular weight excluding hydrogens is 414 g/mol. The molecule has 1 amide bonds. The van der Waals surface area contributed by atoms with Crippen LogP contribution in [0, 0.1) is 0 Å². The summed E-state index contributed by atoms with van der Waals surface area (Å²) in [5, 5.41) is 6.31. The maximum Gasteiger partial charge on any atom is 0.234 e. The van der Waals surface area contributed by atoms with Gasteiger partial charge in [-0.3, -0.25) is 9.79 Å². The lowest BCUT2D eigenvalue weighted by molar-refractivity contribution is -0.113. The second kappa shape index (κ2) is 8.27. The van der Waals surface area contributed by atoms with Gasteiger partial charge in [-0.15, -0.1) is 11.3 Å². The highest BCUT2D eigenvalue weighted by Gasteiger charge is 2.39. The van der Waals surface area contributed by atoms with E-state index < -0.39 is 0 Å².